The Bertz CT molecular complexity index is 1630. The summed E-state index contributed by atoms with van der Waals surface area (Å²) in [4.78, 5) is 54.6. The van der Waals surface area contributed by atoms with Crippen molar-refractivity contribution in [3.8, 4) is 0 Å². The zero-order chi connectivity index (χ0) is 25.0. The largest absolute Gasteiger partial charge is 0.270 e. The molecule has 4 amide bonds. The molecule has 2 heterocycles. The topological polar surface area (TPSA) is 74.8 Å². The molecule has 0 unspecified atom stereocenters. The van der Waals surface area contributed by atoms with Gasteiger partial charge in [-0.3, -0.25) is 29.0 Å². The van der Waals surface area contributed by atoms with Crippen molar-refractivity contribution >= 4 is 51.2 Å². The molecular weight excluding hydrogens is 452 g/mol. The molecule has 0 bridgehead atoms. The van der Waals surface area contributed by atoms with Gasteiger partial charge in [0.2, 0.25) is 0 Å². The van der Waals surface area contributed by atoms with Crippen molar-refractivity contribution in [1.82, 2.24) is 9.80 Å². The van der Waals surface area contributed by atoms with Gasteiger partial charge in [-0.05, 0) is 40.6 Å². The van der Waals surface area contributed by atoms with Crippen molar-refractivity contribution in [2.75, 3.05) is 13.1 Å². The lowest BCUT2D eigenvalue weighted by molar-refractivity contribution is 0.0613. The van der Waals surface area contributed by atoms with Crippen LogP contribution in [0.1, 0.15) is 47.0 Å². The first-order chi connectivity index (χ1) is 17.5. The number of rotatable bonds is 5. The third kappa shape index (κ3) is 3.04. The van der Waals surface area contributed by atoms with Crippen LogP contribution in [0, 0.1) is 0 Å². The smallest absolute Gasteiger partial charge is 0.261 e. The van der Waals surface area contributed by atoms with Crippen molar-refractivity contribution in [3.05, 3.63) is 113 Å². The summed E-state index contributed by atoms with van der Waals surface area (Å²) in [5.74, 6) is -1.36. The van der Waals surface area contributed by atoms with Crippen LogP contribution in [0.15, 0.2) is 85.5 Å². The highest BCUT2D eigenvalue weighted by Gasteiger charge is 2.33. The van der Waals surface area contributed by atoms with Gasteiger partial charge in [0.15, 0.2) is 0 Å². The molecule has 0 atom stereocenters. The zero-order valence-electron chi connectivity index (χ0n) is 19.2. The van der Waals surface area contributed by atoms with Crippen LogP contribution in [0.5, 0.6) is 0 Å². The van der Waals surface area contributed by atoms with Gasteiger partial charge in [-0.25, -0.2) is 0 Å². The van der Waals surface area contributed by atoms with E-state index in [1.165, 1.54) is 15.9 Å². The molecule has 36 heavy (non-hydrogen) atoms. The fraction of sp³-hybridized carbons (Fsp3) is 0.0667. The van der Waals surface area contributed by atoms with Gasteiger partial charge in [-0.2, -0.15) is 0 Å². The summed E-state index contributed by atoms with van der Waals surface area (Å²) in [7, 11) is 0. The fourth-order valence-corrected chi connectivity index (χ4v) is 5.14. The lowest BCUT2D eigenvalue weighted by Gasteiger charge is -2.27. The molecule has 4 aromatic rings. The van der Waals surface area contributed by atoms with E-state index in [0.29, 0.717) is 33.0 Å². The van der Waals surface area contributed by atoms with Crippen molar-refractivity contribution in [2.24, 2.45) is 0 Å². The van der Waals surface area contributed by atoms with Crippen LogP contribution >= 0.6 is 0 Å². The highest BCUT2D eigenvalue weighted by atomic mass is 16.2. The zero-order valence-corrected chi connectivity index (χ0v) is 19.2. The molecule has 0 radical (unpaired) electrons. The number of benzene rings is 4. The number of hydrogen-bond donors (Lipinski definition) is 0. The van der Waals surface area contributed by atoms with Gasteiger partial charge < -0.3 is 0 Å². The van der Waals surface area contributed by atoms with Crippen LogP contribution in [0.2, 0.25) is 0 Å². The number of imide groups is 2. The second-order valence-electron chi connectivity index (χ2n) is 8.77. The highest BCUT2D eigenvalue weighted by molar-refractivity contribution is 6.27. The van der Waals surface area contributed by atoms with E-state index in [1.54, 1.807) is 36.4 Å². The molecule has 0 N–H and O–H groups in total. The van der Waals surface area contributed by atoms with E-state index < -0.39 is 0 Å². The first-order valence-electron chi connectivity index (χ1n) is 11.6. The Morgan fingerprint density at radius 2 is 1.14 bits per heavy atom. The summed E-state index contributed by atoms with van der Waals surface area (Å²) in [5, 5.41) is 2.92. The minimum atomic E-state index is -0.350. The van der Waals surface area contributed by atoms with E-state index in [-0.39, 0.29) is 36.7 Å². The minimum absolute atomic E-state index is 0.0935. The summed E-state index contributed by atoms with van der Waals surface area (Å²) in [6.45, 7) is 3.88. The maximum absolute atomic E-state index is 13.1. The van der Waals surface area contributed by atoms with Crippen LogP contribution in [0.4, 0.5) is 0 Å². The molecule has 2 aliphatic rings. The lowest BCUT2D eigenvalue weighted by atomic mass is 9.91. The molecular formula is C30H20N2O4. The maximum Gasteiger partial charge on any atom is 0.261 e. The first-order valence-corrected chi connectivity index (χ1v) is 11.6. The Morgan fingerprint density at radius 3 is 1.75 bits per heavy atom. The normalized spacial score (nSPS) is 15.0. The molecule has 6 rings (SSSR count). The van der Waals surface area contributed by atoms with Gasteiger partial charge >= 0.3 is 0 Å². The highest BCUT2D eigenvalue weighted by Crippen LogP contribution is 2.33. The lowest BCUT2D eigenvalue weighted by Crippen LogP contribution is -2.40. The van der Waals surface area contributed by atoms with Crippen molar-refractivity contribution in [2.45, 2.75) is 0 Å². The van der Waals surface area contributed by atoms with Crippen LogP contribution in [0.3, 0.4) is 0 Å². The van der Waals surface area contributed by atoms with E-state index in [2.05, 4.69) is 6.58 Å². The molecule has 0 fully saturated rings. The molecule has 0 aromatic heterocycles. The minimum Gasteiger partial charge on any atom is -0.270 e. The van der Waals surface area contributed by atoms with Crippen LogP contribution in [-0.2, 0) is 0 Å². The van der Waals surface area contributed by atoms with Crippen molar-refractivity contribution < 1.29 is 19.2 Å². The van der Waals surface area contributed by atoms with Crippen LogP contribution in [-0.4, -0.2) is 46.5 Å². The van der Waals surface area contributed by atoms with E-state index in [1.807, 2.05) is 42.5 Å². The second-order valence-corrected chi connectivity index (χ2v) is 8.77. The summed E-state index contributed by atoms with van der Waals surface area (Å²) in [6.07, 6.45) is 5.10. The third-order valence-electron chi connectivity index (χ3n) is 6.78. The average molecular weight is 473 g/mol. The van der Waals surface area contributed by atoms with Crippen LogP contribution in [0.25, 0.3) is 27.6 Å². The van der Waals surface area contributed by atoms with Gasteiger partial charge in [-0.15, -0.1) is 6.58 Å². The molecule has 0 aliphatic carbocycles. The Hall–Kier alpha value is -4.84. The predicted octanol–water partition coefficient (Wildman–Crippen LogP) is 5.08. The van der Waals surface area contributed by atoms with Crippen molar-refractivity contribution in [1.29, 1.82) is 0 Å². The van der Waals surface area contributed by atoms with Gasteiger partial charge in [0.25, 0.3) is 23.6 Å². The molecule has 2 aliphatic heterocycles. The Labute approximate surface area is 206 Å². The van der Waals surface area contributed by atoms with E-state index in [4.69, 9.17) is 0 Å². The third-order valence-corrected chi connectivity index (χ3v) is 6.78. The number of amides is 4. The fourth-order valence-electron chi connectivity index (χ4n) is 5.14. The molecule has 6 heteroatoms. The summed E-state index contributed by atoms with van der Waals surface area (Å²) < 4.78 is 0. The monoisotopic (exact) mass is 472 g/mol. The van der Waals surface area contributed by atoms with E-state index in [0.717, 1.165) is 16.3 Å². The van der Waals surface area contributed by atoms with Crippen molar-refractivity contribution in [3.63, 3.8) is 0 Å². The predicted molar refractivity (Wildman–Crippen MR) is 138 cm³/mol. The molecule has 174 valence electrons. The number of hydrogen-bond acceptors (Lipinski definition) is 4. The van der Waals surface area contributed by atoms with Gasteiger partial charge in [-0.1, -0.05) is 60.7 Å². The average Bonchev–Trinajstić information content (AvgIpc) is 2.90. The van der Waals surface area contributed by atoms with Gasteiger partial charge in [0.05, 0.1) is 0 Å². The Morgan fingerprint density at radius 1 is 0.611 bits per heavy atom. The Kier molecular flexibility index (Phi) is 4.90. The second kappa shape index (κ2) is 8.13. The maximum atomic E-state index is 13.1. The summed E-state index contributed by atoms with van der Waals surface area (Å²) in [6, 6.07) is 19.8. The molecule has 6 nitrogen and oxygen atoms in total. The quantitative estimate of drug-likeness (QED) is 0.300. The first kappa shape index (κ1) is 21.7. The van der Waals surface area contributed by atoms with Gasteiger partial charge in [0.1, 0.15) is 0 Å². The molecule has 0 spiro atoms. The summed E-state index contributed by atoms with van der Waals surface area (Å²) in [5.41, 5.74) is 2.74. The number of carbonyl (C=O) groups is 4. The summed E-state index contributed by atoms with van der Waals surface area (Å²) >= 11 is 0. The van der Waals surface area contributed by atoms with E-state index in [9.17, 15) is 19.2 Å². The standard InChI is InChI=1S/C30H20N2O4/c1-2-16-31-29(35)23-13-5-10-20-18(14-15-24(26(20)23)30(31)36)9-6-17-32-27(33)21-11-3-7-19-8-4-12-22(25(19)21)28(32)34/h2-15H,1,16-17H2/b9-6+. The number of nitrogens with zero attached hydrogens (tertiary/aromatic N) is 2. The van der Waals surface area contributed by atoms with E-state index >= 15 is 0 Å². The Balaban J connectivity index is 1.35. The number of carbonyl (C=O) groups excluding carboxylic acids is 4. The molecule has 0 saturated heterocycles. The molecule has 0 saturated carbocycles. The van der Waals surface area contributed by atoms with Crippen LogP contribution < -0.4 is 0 Å². The SMILES string of the molecule is C=CCN1C(=O)c2cccc3c(/C=C/CN4C(=O)c5cccc6cccc(c56)C4=O)ccc(c23)C1=O. The molecule has 4 aromatic carbocycles. The van der Waals surface area contributed by atoms with Gasteiger partial charge in [0, 0.05) is 46.1 Å².